The SMILES string of the molecule is CCC1(C)CC(C(=O)N2CCOCC2)OC1=Nc1ccccc1. The predicted molar refractivity (Wildman–Crippen MR) is 88.8 cm³/mol. The molecule has 2 unspecified atom stereocenters. The molecule has 0 bridgehead atoms. The van der Waals surface area contributed by atoms with Gasteiger partial charge in [-0.3, -0.25) is 4.79 Å². The molecule has 5 heteroatoms. The van der Waals surface area contributed by atoms with Crippen molar-refractivity contribution in [1.29, 1.82) is 0 Å². The van der Waals surface area contributed by atoms with E-state index in [0.29, 0.717) is 38.6 Å². The number of benzene rings is 1. The van der Waals surface area contributed by atoms with Crippen molar-refractivity contribution in [3.05, 3.63) is 30.3 Å². The van der Waals surface area contributed by atoms with Crippen LogP contribution >= 0.6 is 0 Å². The van der Waals surface area contributed by atoms with E-state index in [0.717, 1.165) is 12.1 Å². The van der Waals surface area contributed by atoms with Crippen LogP contribution in [-0.4, -0.2) is 49.1 Å². The van der Waals surface area contributed by atoms with Crippen molar-refractivity contribution >= 4 is 17.5 Å². The summed E-state index contributed by atoms with van der Waals surface area (Å²) in [5, 5.41) is 0. The molecule has 1 aromatic rings. The molecule has 0 N–H and O–H groups in total. The molecule has 0 saturated carbocycles. The van der Waals surface area contributed by atoms with Gasteiger partial charge < -0.3 is 14.4 Å². The van der Waals surface area contributed by atoms with E-state index in [1.54, 1.807) is 0 Å². The first-order chi connectivity index (χ1) is 11.1. The van der Waals surface area contributed by atoms with E-state index in [1.807, 2.05) is 35.2 Å². The van der Waals surface area contributed by atoms with Crippen molar-refractivity contribution < 1.29 is 14.3 Å². The highest BCUT2D eigenvalue weighted by atomic mass is 16.5. The van der Waals surface area contributed by atoms with Gasteiger partial charge in [0.05, 0.1) is 18.9 Å². The normalized spacial score (nSPS) is 29.6. The summed E-state index contributed by atoms with van der Waals surface area (Å²) in [6.45, 7) is 6.75. The van der Waals surface area contributed by atoms with Crippen molar-refractivity contribution in [3.63, 3.8) is 0 Å². The van der Waals surface area contributed by atoms with Gasteiger partial charge in [-0.25, -0.2) is 4.99 Å². The van der Waals surface area contributed by atoms with Crippen LogP contribution in [0.5, 0.6) is 0 Å². The van der Waals surface area contributed by atoms with Crippen LogP contribution in [0.4, 0.5) is 5.69 Å². The molecule has 0 aromatic heterocycles. The number of hydrogen-bond acceptors (Lipinski definition) is 4. The second kappa shape index (κ2) is 6.71. The van der Waals surface area contributed by atoms with Gasteiger partial charge in [-0.1, -0.05) is 32.0 Å². The summed E-state index contributed by atoms with van der Waals surface area (Å²) in [5.41, 5.74) is 0.671. The third kappa shape index (κ3) is 3.39. The smallest absolute Gasteiger partial charge is 0.263 e. The Labute approximate surface area is 137 Å². The topological polar surface area (TPSA) is 51.1 Å². The minimum atomic E-state index is -0.430. The van der Waals surface area contributed by atoms with Crippen molar-refractivity contribution in [2.24, 2.45) is 10.4 Å². The third-order valence-corrected chi connectivity index (χ3v) is 4.77. The van der Waals surface area contributed by atoms with Crippen LogP contribution in [0.25, 0.3) is 0 Å². The summed E-state index contributed by atoms with van der Waals surface area (Å²) in [6.07, 6.45) is 1.15. The molecule has 2 heterocycles. The number of rotatable bonds is 3. The number of amides is 1. The molecule has 0 spiro atoms. The zero-order valence-electron chi connectivity index (χ0n) is 13.8. The lowest BCUT2D eigenvalue weighted by Gasteiger charge is -2.28. The fourth-order valence-electron chi connectivity index (χ4n) is 3.02. The Kier molecular flexibility index (Phi) is 4.66. The number of carbonyl (C=O) groups is 1. The second-order valence-electron chi connectivity index (χ2n) is 6.41. The fourth-order valence-corrected chi connectivity index (χ4v) is 3.02. The van der Waals surface area contributed by atoms with E-state index in [2.05, 4.69) is 18.8 Å². The predicted octanol–water partition coefficient (Wildman–Crippen LogP) is 2.78. The molecule has 0 aliphatic carbocycles. The number of nitrogens with zero attached hydrogens (tertiary/aromatic N) is 2. The van der Waals surface area contributed by atoms with Gasteiger partial charge in [0.25, 0.3) is 5.91 Å². The molecule has 23 heavy (non-hydrogen) atoms. The van der Waals surface area contributed by atoms with Gasteiger partial charge in [0.1, 0.15) is 0 Å². The van der Waals surface area contributed by atoms with Crippen LogP contribution in [-0.2, 0) is 14.3 Å². The Balaban J connectivity index is 1.78. The van der Waals surface area contributed by atoms with Gasteiger partial charge in [0.15, 0.2) is 12.0 Å². The zero-order chi connectivity index (χ0) is 16.3. The van der Waals surface area contributed by atoms with Crippen molar-refractivity contribution in [1.82, 2.24) is 4.90 Å². The average Bonchev–Trinajstić information content (AvgIpc) is 2.93. The van der Waals surface area contributed by atoms with Gasteiger partial charge in [-0.2, -0.15) is 0 Å². The van der Waals surface area contributed by atoms with Crippen molar-refractivity contribution in [2.45, 2.75) is 32.8 Å². The van der Waals surface area contributed by atoms with Crippen LogP contribution < -0.4 is 0 Å². The molecule has 5 nitrogen and oxygen atoms in total. The molecule has 3 rings (SSSR count). The lowest BCUT2D eigenvalue weighted by Crippen LogP contribution is -2.45. The summed E-state index contributed by atoms with van der Waals surface area (Å²) < 4.78 is 11.3. The molecule has 2 fully saturated rings. The van der Waals surface area contributed by atoms with Gasteiger partial charge in [0.2, 0.25) is 0 Å². The van der Waals surface area contributed by atoms with Crippen LogP contribution in [0.3, 0.4) is 0 Å². The van der Waals surface area contributed by atoms with E-state index in [-0.39, 0.29) is 11.3 Å². The maximum absolute atomic E-state index is 12.7. The zero-order valence-corrected chi connectivity index (χ0v) is 13.8. The highest BCUT2D eigenvalue weighted by Crippen LogP contribution is 2.39. The Morgan fingerprint density at radius 2 is 2.00 bits per heavy atom. The van der Waals surface area contributed by atoms with Crippen molar-refractivity contribution in [2.75, 3.05) is 26.3 Å². The number of carbonyl (C=O) groups excluding carboxylic acids is 1. The fraction of sp³-hybridized carbons (Fsp3) is 0.556. The van der Waals surface area contributed by atoms with Crippen LogP contribution in [0, 0.1) is 5.41 Å². The first-order valence-corrected chi connectivity index (χ1v) is 8.30. The number of hydrogen-bond donors (Lipinski definition) is 0. The van der Waals surface area contributed by atoms with E-state index in [9.17, 15) is 4.79 Å². The summed E-state index contributed by atoms with van der Waals surface area (Å²) in [4.78, 5) is 19.2. The minimum Gasteiger partial charge on any atom is -0.467 e. The maximum atomic E-state index is 12.7. The number of ether oxygens (including phenoxy) is 2. The minimum absolute atomic E-state index is 0.0613. The Morgan fingerprint density at radius 3 is 2.65 bits per heavy atom. The average molecular weight is 316 g/mol. The molecular weight excluding hydrogens is 292 g/mol. The molecule has 1 aromatic carbocycles. The molecule has 124 valence electrons. The first-order valence-electron chi connectivity index (χ1n) is 8.30. The standard InChI is InChI=1S/C18H24N2O3/c1-3-18(2)13-15(16(21)20-9-11-22-12-10-20)23-17(18)19-14-7-5-4-6-8-14/h4-8,15H,3,9-13H2,1-2H3. The summed E-state index contributed by atoms with van der Waals surface area (Å²) in [7, 11) is 0. The molecule has 1 amide bonds. The number of morpholine rings is 1. The lowest BCUT2D eigenvalue weighted by molar-refractivity contribution is -0.142. The van der Waals surface area contributed by atoms with Crippen LogP contribution in [0.1, 0.15) is 26.7 Å². The molecule has 2 aliphatic rings. The molecule has 2 aliphatic heterocycles. The molecule has 2 saturated heterocycles. The van der Waals surface area contributed by atoms with Gasteiger partial charge in [0, 0.05) is 24.9 Å². The van der Waals surface area contributed by atoms with E-state index in [1.165, 1.54) is 0 Å². The third-order valence-electron chi connectivity index (χ3n) is 4.77. The van der Waals surface area contributed by atoms with E-state index in [4.69, 9.17) is 9.47 Å². The largest absolute Gasteiger partial charge is 0.467 e. The summed E-state index contributed by atoms with van der Waals surface area (Å²) in [6, 6.07) is 9.76. The summed E-state index contributed by atoms with van der Waals surface area (Å²) >= 11 is 0. The Hall–Kier alpha value is -1.88. The van der Waals surface area contributed by atoms with Crippen LogP contribution in [0.15, 0.2) is 35.3 Å². The second-order valence-corrected chi connectivity index (χ2v) is 6.41. The highest BCUT2D eigenvalue weighted by molar-refractivity contribution is 5.93. The van der Waals surface area contributed by atoms with Gasteiger partial charge in [-0.15, -0.1) is 0 Å². The number of aliphatic imine (C=N–C) groups is 1. The highest BCUT2D eigenvalue weighted by Gasteiger charge is 2.46. The Bertz CT molecular complexity index is 581. The van der Waals surface area contributed by atoms with Crippen LogP contribution in [0.2, 0.25) is 0 Å². The lowest BCUT2D eigenvalue weighted by atomic mass is 9.83. The van der Waals surface area contributed by atoms with E-state index >= 15 is 0 Å². The summed E-state index contributed by atoms with van der Waals surface area (Å²) in [5.74, 6) is 0.740. The maximum Gasteiger partial charge on any atom is 0.263 e. The first kappa shape index (κ1) is 16.0. The van der Waals surface area contributed by atoms with Crippen molar-refractivity contribution in [3.8, 4) is 0 Å². The van der Waals surface area contributed by atoms with Gasteiger partial charge >= 0.3 is 0 Å². The molecule has 2 atom stereocenters. The number of para-hydroxylation sites is 1. The monoisotopic (exact) mass is 316 g/mol. The Morgan fingerprint density at radius 1 is 1.30 bits per heavy atom. The molecular formula is C18H24N2O3. The quantitative estimate of drug-likeness (QED) is 0.861. The molecule has 0 radical (unpaired) electrons. The van der Waals surface area contributed by atoms with E-state index < -0.39 is 6.10 Å². The van der Waals surface area contributed by atoms with Gasteiger partial charge in [-0.05, 0) is 18.6 Å².